The number of hydrogen-bond donors (Lipinski definition) is 0. The topological polar surface area (TPSA) is 106 Å². The van der Waals surface area contributed by atoms with Gasteiger partial charge in [-0.25, -0.2) is 9.78 Å². The number of ether oxygens (including phenoxy) is 5. The van der Waals surface area contributed by atoms with Crippen molar-refractivity contribution < 1.29 is 37.7 Å². The second-order valence-corrected chi connectivity index (χ2v) is 13.1. The second-order valence-electron chi connectivity index (χ2n) is 12.3. The van der Waals surface area contributed by atoms with E-state index in [0.29, 0.717) is 48.2 Å². The third kappa shape index (κ3) is 9.47. The smallest absolute Gasteiger partial charge is 0.344 e. The van der Waals surface area contributed by atoms with Crippen molar-refractivity contribution in [3.05, 3.63) is 59.1 Å². The molecule has 4 rings (SSSR count). The van der Waals surface area contributed by atoms with Gasteiger partial charge in [-0.3, -0.25) is 4.79 Å². The molecule has 0 spiro atoms. The lowest BCUT2D eigenvalue weighted by Gasteiger charge is -2.20. The number of carbonyl (C=O) groups is 2. The lowest BCUT2D eigenvalue weighted by atomic mass is 9.93. The van der Waals surface area contributed by atoms with Crippen LogP contribution in [0.5, 0.6) is 17.2 Å². The molecule has 9 nitrogen and oxygen atoms in total. The number of esters is 2. The molecule has 0 aliphatic rings. The summed E-state index contributed by atoms with van der Waals surface area (Å²) >= 11 is 1.56. The monoisotopic (exact) mass is 623 g/mol. The van der Waals surface area contributed by atoms with Gasteiger partial charge in [0.2, 0.25) is 0 Å². The quantitative estimate of drug-likeness (QED) is 0.109. The molecule has 4 aromatic rings. The molecule has 0 N–H and O–H groups in total. The van der Waals surface area contributed by atoms with E-state index in [1.807, 2.05) is 24.3 Å². The van der Waals surface area contributed by atoms with Crippen molar-refractivity contribution in [1.29, 1.82) is 0 Å². The Morgan fingerprint density at radius 2 is 1.66 bits per heavy atom. The van der Waals surface area contributed by atoms with Gasteiger partial charge < -0.3 is 28.1 Å². The Labute approximate surface area is 262 Å². The minimum Gasteiger partial charge on any atom is -0.494 e. The number of aromatic nitrogens is 1. The summed E-state index contributed by atoms with van der Waals surface area (Å²) in [7, 11) is 0. The van der Waals surface area contributed by atoms with Crippen LogP contribution in [0.4, 0.5) is 0 Å². The summed E-state index contributed by atoms with van der Waals surface area (Å²) in [6.45, 7) is 14.2. The number of carbonyl (C=O) groups excluding carboxylic acids is 2. The third-order valence-corrected chi connectivity index (χ3v) is 7.12. The lowest BCUT2D eigenvalue weighted by molar-refractivity contribution is -0.157. The van der Waals surface area contributed by atoms with Gasteiger partial charge >= 0.3 is 11.9 Å². The van der Waals surface area contributed by atoms with Crippen LogP contribution in [-0.2, 0) is 31.1 Å². The van der Waals surface area contributed by atoms with Crippen LogP contribution in [0.15, 0.2) is 52.3 Å². The maximum absolute atomic E-state index is 12.3. The number of hydrogen-bond acceptors (Lipinski definition) is 10. The van der Waals surface area contributed by atoms with E-state index in [0.717, 1.165) is 21.7 Å². The summed E-state index contributed by atoms with van der Waals surface area (Å²) in [6, 6.07) is 12.9. The Bertz CT molecular complexity index is 1570. The molecule has 0 bridgehead atoms. The maximum Gasteiger partial charge on any atom is 0.344 e. The first-order valence-corrected chi connectivity index (χ1v) is 15.6. The molecule has 0 amide bonds. The largest absolute Gasteiger partial charge is 0.494 e. The Balaban J connectivity index is 1.47. The average Bonchev–Trinajstić information content (AvgIpc) is 3.60. The number of furan rings is 1. The molecule has 0 saturated heterocycles. The highest BCUT2D eigenvalue weighted by Crippen LogP contribution is 2.35. The number of benzene rings is 2. The van der Waals surface area contributed by atoms with Crippen molar-refractivity contribution in [2.24, 2.45) is 0 Å². The van der Waals surface area contributed by atoms with Crippen molar-refractivity contribution in [3.63, 3.8) is 0 Å². The molecule has 0 atom stereocenters. The maximum atomic E-state index is 12.3. The van der Waals surface area contributed by atoms with E-state index >= 15 is 0 Å². The Morgan fingerprint density at radius 1 is 0.909 bits per heavy atom. The predicted molar refractivity (Wildman–Crippen MR) is 169 cm³/mol. The van der Waals surface area contributed by atoms with Crippen LogP contribution in [0.25, 0.3) is 21.7 Å². The van der Waals surface area contributed by atoms with Crippen LogP contribution in [0.1, 0.15) is 72.6 Å². The third-order valence-electron chi connectivity index (χ3n) is 6.26. The van der Waals surface area contributed by atoms with Crippen LogP contribution in [0.3, 0.4) is 0 Å². The molecule has 2 aromatic carbocycles. The second kappa shape index (κ2) is 14.2. The molecule has 0 fully saturated rings. The van der Waals surface area contributed by atoms with E-state index in [2.05, 4.69) is 26.2 Å². The van der Waals surface area contributed by atoms with Gasteiger partial charge in [0.1, 0.15) is 35.0 Å². The van der Waals surface area contributed by atoms with E-state index in [9.17, 15) is 9.59 Å². The zero-order chi connectivity index (χ0) is 31.9. The molecular formula is C34H41NO8S. The zero-order valence-electron chi connectivity index (χ0n) is 26.5. The van der Waals surface area contributed by atoms with Crippen LogP contribution in [-0.4, -0.2) is 42.3 Å². The molecule has 236 valence electrons. The van der Waals surface area contributed by atoms with E-state index < -0.39 is 11.6 Å². The highest BCUT2D eigenvalue weighted by atomic mass is 32.1. The van der Waals surface area contributed by atoms with Crippen molar-refractivity contribution in [3.8, 4) is 28.0 Å². The van der Waals surface area contributed by atoms with Gasteiger partial charge in [-0.2, -0.15) is 0 Å². The molecule has 44 heavy (non-hydrogen) atoms. The molecule has 2 aromatic heterocycles. The molecular weight excluding hydrogens is 582 g/mol. The van der Waals surface area contributed by atoms with E-state index in [4.69, 9.17) is 33.1 Å². The fourth-order valence-electron chi connectivity index (χ4n) is 4.16. The van der Waals surface area contributed by atoms with Gasteiger partial charge in [0.05, 0.1) is 18.9 Å². The Hall–Kier alpha value is -4.05. The van der Waals surface area contributed by atoms with Crippen molar-refractivity contribution in [2.75, 3.05) is 19.8 Å². The van der Waals surface area contributed by atoms with Gasteiger partial charge in [0.15, 0.2) is 17.4 Å². The first-order chi connectivity index (χ1) is 20.8. The van der Waals surface area contributed by atoms with Gasteiger partial charge in [-0.1, -0.05) is 20.8 Å². The van der Waals surface area contributed by atoms with E-state index in [-0.39, 0.29) is 31.0 Å². The first kappa shape index (κ1) is 32.9. The van der Waals surface area contributed by atoms with Crippen molar-refractivity contribution in [1.82, 2.24) is 4.98 Å². The standard InChI is InChI=1S/C34H41NO8S/c1-8-38-30(36)10-9-15-39-24-11-13-26(41-20-31(37)43-34(5,6)7)23(17-24)19-40-25-12-14-27-22(16-25)18-28(42-27)32-35-29(21-44-32)33(2,3)4/h11-14,16-18,21H,8-10,15,19-20H2,1-7H3. The Morgan fingerprint density at radius 3 is 2.36 bits per heavy atom. The highest BCUT2D eigenvalue weighted by Gasteiger charge is 2.20. The summed E-state index contributed by atoms with van der Waals surface area (Å²) < 4.78 is 34.3. The van der Waals surface area contributed by atoms with E-state index in [1.165, 1.54) is 0 Å². The SMILES string of the molecule is CCOC(=O)CCCOc1ccc(OCC(=O)OC(C)(C)C)c(COc2ccc3oc(-c4nc(C(C)(C)C)cs4)cc3c2)c1. The molecule has 0 aliphatic carbocycles. The summed E-state index contributed by atoms with van der Waals surface area (Å²) in [6.07, 6.45) is 0.798. The summed E-state index contributed by atoms with van der Waals surface area (Å²) in [5.41, 5.74) is 1.79. The minimum absolute atomic E-state index is 0.0395. The Kier molecular flexibility index (Phi) is 10.6. The lowest BCUT2D eigenvalue weighted by Crippen LogP contribution is -2.27. The average molecular weight is 624 g/mol. The van der Waals surface area contributed by atoms with Crippen molar-refractivity contribution in [2.45, 2.75) is 78.9 Å². The van der Waals surface area contributed by atoms with E-state index in [1.54, 1.807) is 57.2 Å². The number of nitrogens with zero attached hydrogens (tertiary/aromatic N) is 1. The van der Waals surface area contributed by atoms with Crippen LogP contribution >= 0.6 is 11.3 Å². The molecule has 0 aliphatic heterocycles. The molecule has 0 saturated carbocycles. The van der Waals surface area contributed by atoms with Crippen molar-refractivity contribution >= 4 is 34.2 Å². The molecule has 10 heteroatoms. The highest BCUT2D eigenvalue weighted by molar-refractivity contribution is 7.13. The zero-order valence-corrected chi connectivity index (χ0v) is 27.3. The van der Waals surface area contributed by atoms with Crippen LogP contribution in [0, 0.1) is 0 Å². The number of thiazole rings is 1. The van der Waals surface area contributed by atoms with Crippen LogP contribution in [0.2, 0.25) is 0 Å². The predicted octanol–water partition coefficient (Wildman–Crippen LogP) is 7.88. The summed E-state index contributed by atoms with van der Waals surface area (Å²) in [5, 5.41) is 3.79. The fraction of sp³-hybridized carbons (Fsp3) is 0.441. The molecule has 0 unspecified atom stereocenters. The number of rotatable bonds is 13. The summed E-state index contributed by atoms with van der Waals surface area (Å²) in [4.78, 5) is 28.7. The summed E-state index contributed by atoms with van der Waals surface area (Å²) in [5.74, 6) is 1.69. The normalized spacial score (nSPS) is 11.8. The van der Waals surface area contributed by atoms with Gasteiger partial charge in [-0.15, -0.1) is 11.3 Å². The first-order valence-electron chi connectivity index (χ1n) is 14.7. The van der Waals surface area contributed by atoms with Gasteiger partial charge in [0.25, 0.3) is 0 Å². The van der Waals surface area contributed by atoms with Gasteiger partial charge in [-0.05, 0) is 76.6 Å². The molecule has 2 heterocycles. The fourth-order valence-corrected chi connectivity index (χ4v) is 5.15. The molecule has 0 radical (unpaired) electrons. The van der Waals surface area contributed by atoms with Crippen LogP contribution < -0.4 is 14.2 Å². The van der Waals surface area contributed by atoms with Gasteiger partial charge in [0, 0.05) is 28.2 Å². The minimum atomic E-state index is -0.617. The number of fused-ring (bicyclic) bond motifs is 1.